The maximum atomic E-state index is 11.5. The minimum absolute atomic E-state index is 0.244. The van der Waals surface area contributed by atoms with Crippen LogP contribution in [0.1, 0.15) is 103 Å². The van der Waals surface area contributed by atoms with Crippen LogP contribution >= 0.6 is 0 Å². The molecule has 0 aliphatic heterocycles. The first-order chi connectivity index (χ1) is 33.8. The van der Waals surface area contributed by atoms with Crippen LogP contribution < -0.4 is 0 Å². The number of allylic oxidation sites excluding steroid dienone is 4. The molecule has 4 atom stereocenters. The van der Waals surface area contributed by atoms with Gasteiger partial charge in [-0.3, -0.25) is 0 Å². The van der Waals surface area contributed by atoms with Crippen molar-refractivity contribution in [1.82, 2.24) is 0 Å². The lowest BCUT2D eigenvalue weighted by atomic mass is 9.36. The van der Waals surface area contributed by atoms with Crippen LogP contribution in [-0.4, -0.2) is 11.7 Å². The molecule has 21 aromatic carbocycles. The maximum absolute atomic E-state index is 11.5. The van der Waals surface area contributed by atoms with Crippen molar-refractivity contribution in [2.45, 2.75) is 74.5 Å². The number of aliphatic hydroxyl groups excluding tert-OH is 1. The summed E-state index contributed by atoms with van der Waals surface area (Å²) < 4.78 is 0. The summed E-state index contributed by atoms with van der Waals surface area (Å²) >= 11 is 0. The molecule has 1 heteroatoms. The molecule has 32 rings (SSSR count). The van der Waals surface area contributed by atoms with E-state index in [4.69, 9.17) is 0 Å². The molecule has 1 nitrogen and oxygen atoms in total. The monoisotopic (exact) mass is 854 g/mol. The van der Waals surface area contributed by atoms with Gasteiger partial charge in [0.1, 0.15) is 0 Å². The van der Waals surface area contributed by atoms with Crippen LogP contribution in [0.15, 0.2) is 22.3 Å². The predicted molar refractivity (Wildman–Crippen MR) is 283 cm³/mol. The Kier molecular flexibility index (Phi) is 2.30. The molecule has 0 amide bonds. The standard InChI is InChI=1S/C68H22O/c1-63-49-39-29-19-14-9-10-12-13-11(9)16-22-20(14)30(29)40-42-32(22)34-24(16)26-18(13)28-27-17(12)25-23-15(10)21(19)31-33(23)43-45-35(25)37(27)47-48-38(28)36(26)46-44(34)54-52(42)64(2,50(40)49)60-59(63)61-65(3,53(43)51(63)41(31)39)55(45)57(47)67(5)58(48)56(46)66(54,4)62(60)68(61,67)7-6-8-69/h69H,6-8H2,1-5H3. The van der Waals surface area contributed by atoms with Crippen LogP contribution in [0.25, 0.3) is 215 Å². The van der Waals surface area contributed by atoms with Gasteiger partial charge in [0.05, 0.1) is 0 Å². The zero-order valence-electron chi connectivity index (χ0n) is 37.6. The lowest BCUT2D eigenvalue weighted by Crippen LogP contribution is -2.61. The van der Waals surface area contributed by atoms with Gasteiger partial charge in [-0.05, 0) is 334 Å². The van der Waals surface area contributed by atoms with Crippen LogP contribution in [0.2, 0.25) is 0 Å². The van der Waals surface area contributed by atoms with Gasteiger partial charge in [-0.1, -0.05) is 6.92 Å². The van der Waals surface area contributed by atoms with Crippen molar-refractivity contribution in [2.24, 2.45) is 5.41 Å². The Hall–Kier alpha value is -7.06. The van der Waals surface area contributed by atoms with Crippen LogP contribution in [0.3, 0.4) is 0 Å². The van der Waals surface area contributed by atoms with E-state index in [1.807, 2.05) is 11.1 Å². The van der Waals surface area contributed by atoms with Gasteiger partial charge in [-0.15, -0.1) is 0 Å². The topological polar surface area (TPSA) is 20.2 Å². The van der Waals surface area contributed by atoms with Gasteiger partial charge in [0.25, 0.3) is 0 Å². The summed E-state index contributed by atoms with van der Waals surface area (Å²) in [6, 6.07) is 0. The highest BCUT2D eigenvalue weighted by Crippen LogP contribution is 2.93. The Morgan fingerprint density at radius 2 is 0.435 bits per heavy atom. The third kappa shape index (κ3) is 1.36. The fraction of sp³-hybridized carbons (Fsp3) is 0.206. The summed E-state index contributed by atoms with van der Waals surface area (Å²) in [6.07, 6.45) is 1.85. The van der Waals surface area contributed by atoms with E-state index in [1.54, 1.807) is 282 Å². The zero-order chi connectivity index (χ0) is 42.3. The van der Waals surface area contributed by atoms with Gasteiger partial charge in [0.15, 0.2) is 0 Å². The fourth-order valence-corrected chi connectivity index (χ4v) is 27.8. The first-order valence-corrected chi connectivity index (χ1v) is 26.7. The number of aliphatic hydroxyl groups is 1. The molecular formula is C68H22O. The molecule has 0 radical (unpaired) electrons. The second kappa shape index (κ2) is 5.82. The minimum Gasteiger partial charge on any atom is -0.396 e. The quantitative estimate of drug-likeness (QED) is 0.176. The number of benzene rings is 15. The summed E-state index contributed by atoms with van der Waals surface area (Å²) in [5.41, 5.74) is 23.1. The highest BCUT2D eigenvalue weighted by atomic mass is 16.3. The molecule has 0 spiro atoms. The maximum Gasteiger partial charge on any atom is 0.0446 e. The minimum atomic E-state index is -0.275. The highest BCUT2D eigenvalue weighted by molar-refractivity contribution is 6.77. The molecule has 4 unspecified atom stereocenters. The smallest absolute Gasteiger partial charge is 0.0446 e. The molecule has 0 fully saturated rings. The highest BCUT2D eigenvalue weighted by Gasteiger charge is 2.82. The lowest BCUT2D eigenvalue weighted by molar-refractivity contribution is 0.160. The SMILES string of the molecule is CC12C3=C4C5(C)c6c1c1c7c2c2c8c9c%10c%11c%12c%13c%14c%15c%16c%17c(c5c5c6c6c1c1c%18c7c8c7c8c9c%12c9c%12c%13c%16c%13c%16c%17c5c5c6c1c1c(c%187)c(c89)c(c%12%13)c1c5%16)C%15(C)C4(CCCO)C(=C3C2%10C)C%11%14C. The number of rotatable bonds is 3. The molecule has 0 heterocycles. The van der Waals surface area contributed by atoms with Crippen LogP contribution in [0.4, 0.5) is 0 Å². The summed E-state index contributed by atoms with van der Waals surface area (Å²) in [7, 11) is 0. The summed E-state index contributed by atoms with van der Waals surface area (Å²) in [5, 5.41) is 78.5. The first-order valence-electron chi connectivity index (χ1n) is 26.7. The molecule has 69 heavy (non-hydrogen) atoms. The summed E-state index contributed by atoms with van der Waals surface area (Å²) in [5.74, 6) is 0. The van der Waals surface area contributed by atoms with E-state index in [0.29, 0.717) is 0 Å². The van der Waals surface area contributed by atoms with E-state index in [0.717, 1.165) is 12.8 Å². The molecule has 21 aromatic rings. The van der Waals surface area contributed by atoms with Crippen molar-refractivity contribution in [3.05, 3.63) is 77.9 Å². The molecule has 0 saturated carbocycles. The Balaban J connectivity index is 1.21. The Morgan fingerprint density at radius 3 is 0.667 bits per heavy atom. The molecule has 300 valence electrons. The van der Waals surface area contributed by atoms with E-state index in [9.17, 15) is 5.11 Å². The van der Waals surface area contributed by atoms with Crippen molar-refractivity contribution in [1.29, 1.82) is 0 Å². The Bertz CT molecular complexity index is 6390. The largest absolute Gasteiger partial charge is 0.396 e. The second-order valence-electron chi connectivity index (χ2n) is 27.6. The predicted octanol–water partition coefficient (Wildman–Crippen LogP) is 16.1. The third-order valence-corrected chi connectivity index (χ3v) is 27.7. The fourth-order valence-electron chi connectivity index (χ4n) is 27.8. The number of hydrogen-bond acceptors (Lipinski definition) is 1. The lowest BCUT2D eigenvalue weighted by Gasteiger charge is -2.65. The molecule has 11 aliphatic rings. The van der Waals surface area contributed by atoms with Crippen molar-refractivity contribution < 1.29 is 5.11 Å². The van der Waals surface area contributed by atoms with E-state index < -0.39 is 0 Å². The normalized spacial score (nSPS) is 32.6. The van der Waals surface area contributed by atoms with Crippen molar-refractivity contribution in [2.75, 3.05) is 6.61 Å². The van der Waals surface area contributed by atoms with Crippen molar-refractivity contribution in [3.8, 4) is 0 Å². The van der Waals surface area contributed by atoms with Crippen LogP contribution in [0, 0.1) is 5.41 Å². The number of hydrogen-bond donors (Lipinski definition) is 1. The average molecular weight is 855 g/mol. The zero-order valence-corrected chi connectivity index (χ0v) is 37.6. The van der Waals surface area contributed by atoms with Gasteiger partial charge in [0.2, 0.25) is 0 Å². The van der Waals surface area contributed by atoms with Crippen LogP contribution in [-0.2, 0) is 27.1 Å². The molecule has 11 aliphatic carbocycles. The third-order valence-electron chi connectivity index (χ3n) is 27.7. The van der Waals surface area contributed by atoms with Crippen molar-refractivity contribution in [3.63, 3.8) is 0 Å². The van der Waals surface area contributed by atoms with E-state index in [-0.39, 0.29) is 39.1 Å². The molecule has 1 N–H and O–H groups in total. The van der Waals surface area contributed by atoms with Gasteiger partial charge in [-0.2, -0.15) is 0 Å². The van der Waals surface area contributed by atoms with Crippen LogP contribution in [0.5, 0.6) is 0 Å². The molecular weight excluding hydrogens is 833 g/mol. The average Bonchev–Trinajstić information content (AvgIpc) is 4.25. The van der Waals surface area contributed by atoms with Gasteiger partial charge < -0.3 is 5.11 Å². The molecule has 0 bridgehead atoms. The van der Waals surface area contributed by atoms with E-state index in [1.165, 1.54) is 0 Å². The summed E-state index contributed by atoms with van der Waals surface area (Å²) in [6.45, 7) is 14.5. The van der Waals surface area contributed by atoms with Gasteiger partial charge in [0, 0.05) is 39.1 Å². The summed E-state index contributed by atoms with van der Waals surface area (Å²) in [4.78, 5) is 0. The molecule has 0 aromatic heterocycles. The van der Waals surface area contributed by atoms with Gasteiger partial charge >= 0.3 is 0 Å². The second-order valence-corrected chi connectivity index (χ2v) is 27.6. The van der Waals surface area contributed by atoms with Crippen molar-refractivity contribution >= 4 is 215 Å². The van der Waals surface area contributed by atoms with E-state index in [2.05, 4.69) is 34.6 Å². The Morgan fingerprint density at radius 1 is 0.246 bits per heavy atom. The first kappa shape index (κ1) is 27.2. The Labute approximate surface area is 383 Å². The van der Waals surface area contributed by atoms with Gasteiger partial charge in [-0.25, -0.2) is 0 Å². The molecule has 0 saturated heterocycles. The van der Waals surface area contributed by atoms with E-state index >= 15 is 0 Å².